The molecule has 1 aromatic carbocycles. The maximum atomic E-state index is 12.0. The summed E-state index contributed by atoms with van der Waals surface area (Å²) in [5.41, 5.74) is 0.243. The van der Waals surface area contributed by atoms with Crippen molar-refractivity contribution in [1.82, 2.24) is 5.32 Å². The third-order valence-electron chi connectivity index (χ3n) is 2.97. The van der Waals surface area contributed by atoms with Crippen molar-refractivity contribution in [3.8, 4) is 5.75 Å². The van der Waals surface area contributed by atoms with Gasteiger partial charge in [-0.15, -0.1) is 0 Å². The summed E-state index contributed by atoms with van der Waals surface area (Å²) in [4.78, 5) is 23.1. The van der Waals surface area contributed by atoms with E-state index in [0.717, 1.165) is 0 Å². The van der Waals surface area contributed by atoms with E-state index >= 15 is 0 Å². The molecule has 0 aliphatic heterocycles. The fourth-order valence-corrected chi connectivity index (χ4v) is 1.90. The number of carboxylic acid groups (broad SMARTS) is 1. The van der Waals surface area contributed by atoms with Crippen molar-refractivity contribution in [1.29, 1.82) is 0 Å². The van der Waals surface area contributed by atoms with Crippen molar-refractivity contribution in [3.05, 3.63) is 27.3 Å². The van der Waals surface area contributed by atoms with Gasteiger partial charge in [0.2, 0.25) is 0 Å². The van der Waals surface area contributed by atoms with Gasteiger partial charge in [0.15, 0.2) is 0 Å². The number of phenols is 1. The van der Waals surface area contributed by atoms with E-state index in [1.807, 2.05) is 29.5 Å². The molecule has 0 saturated carbocycles. The molecule has 0 aliphatic carbocycles. The molecule has 104 valence electrons. The maximum absolute atomic E-state index is 12.0. The minimum absolute atomic E-state index is 0.00339. The molecular weight excluding hydrogens is 361 g/mol. The zero-order chi connectivity index (χ0) is 14.6. The summed E-state index contributed by atoms with van der Waals surface area (Å²) in [6, 6.07) is 3.54. The Kier molecular flexibility index (Phi) is 5.59. The number of carbonyl (C=O) groups excluding carboxylic acids is 1. The van der Waals surface area contributed by atoms with Crippen molar-refractivity contribution < 1.29 is 19.8 Å². The lowest BCUT2D eigenvalue weighted by atomic mass is 9.99. The zero-order valence-corrected chi connectivity index (χ0v) is 12.8. The Bertz CT molecular complexity index is 490. The lowest BCUT2D eigenvalue weighted by Crippen LogP contribution is -2.45. The second-order valence-electron chi connectivity index (χ2n) is 4.34. The van der Waals surface area contributed by atoms with Crippen LogP contribution in [-0.2, 0) is 4.79 Å². The lowest BCUT2D eigenvalue weighted by Gasteiger charge is -2.20. The van der Waals surface area contributed by atoms with Gasteiger partial charge in [-0.1, -0.05) is 20.3 Å². The van der Waals surface area contributed by atoms with Crippen LogP contribution in [0.25, 0.3) is 0 Å². The molecule has 1 amide bonds. The highest BCUT2D eigenvalue weighted by molar-refractivity contribution is 14.1. The number of aliphatic carboxylic acids is 1. The summed E-state index contributed by atoms with van der Waals surface area (Å²) in [6.07, 6.45) is 0.648. The molecule has 0 fully saturated rings. The van der Waals surface area contributed by atoms with Gasteiger partial charge in [-0.2, -0.15) is 0 Å². The van der Waals surface area contributed by atoms with Gasteiger partial charge < -0.3 is 15.5 Å². The Labute approximate surface area is 125 Å². The van der Waals surface area contributed by atoms with Gasteiger partial charge in [0.05, 0.1) is 3.57 Å². The Morgan fingerprint density at radius 1 is 1.42 bits per heavy atom. The molecule has 0 aliphatic rings. The molecule has 19 heavy (non-hydrogen) atoms. The van der Waals surface area contributed by atoms with Gasteiger partial charge in [-0.3, -0.25) is 4.79 Å². The average molecular weight is 377 g/mol. The topological polar surface area (TPSA) is 86.6 Å². The van der Waals surface area contributed by atoms with Crippen LogP contribution >= 0.6 is 22.6 Å². The fraction of sp³-hybridized carbons (Fsp3) is 0.385. The van der Waals surface area contributed by atoms with E-state index in [9.17, 15) is 14.7 Å². The molecule has 5 nitrogen and oxygen atoms in total. The number of amides is 1. The van der Waals surface area contributed by atoms with Crippen LogP contribution in [-0.4, -0.2) is 28.1 Å². The summed E-state index contributed by atoms with van der Waals surface area (Å²) in [5.74, 6) is -1.72. The molecule has 0 aromatic heterocycles. The van der Waals surface area contributed by atoms with E-state index in [-0.39, 0.29) is 17.2 Å². The van der Waals surface area contributed by atoms with E-state index in [0.29, 0.717) is 9.99 Å². The van der Waals surface area contributed by atoms with Crippen molar-refractivity contribution >= 4 is 34.5 Å². The quantitative estimate of drug-likeness (QED) is 0.687. The largest absolute Gasteiger partial charge is 0.507 e. The zero-order valence-electron chi connectivity index (χ0n) is 10.7. The second kappa shape index (κ2) is 6.74. The highest BCUT2D eigenvalue weighted by Crippen LogP contribution is 2.20. The molecule has 1 unspecified atom stereocenters. The summed E-state index contributed by atoms with van der Waals surface area (Å²) < 4.78 is 0.630. The highest BCUT2D eigenvalue weighted by atomic mass is 127. The molecule has 0 heterocycles. The van der Waals surface area contributed by atoms with E-state index in [2.05, 4.69) is 5.32 Å². The molecule has 2 atom stereocenters. The van der Waals surface area contributed by atoms with Crippen LogP contribution < -0.4 is 5.32 Å². The SMILES string of the molecule is CCC(C)[C@H](NC(=O)c1ccc(I)c(O)c1)C(=O)O. The Balaban J connectivity index is 2.87. The highest BCUT2D eigenvalue weighted by Gasteiger charge is 2.25. The van der Waals surface area contributed by atoms with E-state index < -0.39 is 17.9 Å². The second-order valence-corrected chi connectivity index (χ2v) is 5.50. The number of rotatable bonds is 5. The Hall–Kier alpha value is -1.31. The maximum Gasteiger partial charge on any atom is 0.326 e. The van der Waals surface area contributed by atoms with Gasteiger partial charge in [0, 0.05) is 5.56 Å². The van der Waals surface area contributed by atoms with Gasteiger partial charge in [0.1, 0.15) is 11.8 Å². The van der Waals surface area contributed by atoms with E-state index in [1.54, 1.807) is 19.1 Å². The summed E-state index contributed by atoms with van der Waals surface area (Å²) in [6.45, 7) is 3.63. The molecule has 0 spiro atoms. The third-order valence-corrected chi connectivity index (χ3v) is 3.89. The van der Waals surface area contributed by atoms with Crippen molar-refractivity contribution in [2.45, 2.75) is 26.3 Å². The standard InChI is InChI=1S/C13H16INO4/c1-3-7(2)11(13(18)19)15-12(17)8-4-5-9(14)10(16)6-8/h4-7,11,16H,3H2,1-2H3,(H,15,17)(H,18,19)/t7?,11-/m0/s1. The normalized spacial score (nSPS) is 13.6. The Morgan fingerprint density at radius 3 is 2.53 bits per heavy atom. The first-order chi connectivity index (χ1) is 8.86. The van der Waals surface area contributed by atoms with E-state index in [4.69, 9.17) is 5.11 Å². The van der Waals surface area contributed by atoms with E-state index in [1.165, 1.54) is 6.07 Å². The predicted octanol–water partition coefficient (Wildman–Crippen LogP) is 2.23. The molecular formula is C13H16INO4. The molecule has 1 aromatic rings. The molecule has 1 rings (SSSR count). The average Bonchev–Trinajstić information content (AvgIpc) is 2.37. The number of hydrogen-bond donors (Lipinski definition) is 3. The van der Waals surface area contributed by atoms with Crippen LogP contribution in [0.15, 0.2) is 18.2 Å². The van der Waals surface area contributed by atoms with Gasteiger partial charge in [-0.25, -0.2) is 4.79 Å². The number of phenolic OH excluding ortho intramolecular Hbond substituents is 1. The number of benzene rings is 1. The predicted molar refractivity (Wildman–Crippen MR) is 79.2 cm³/mol. The van der Waals surface area contributed by atoms with Crippen LogP contribution in [0.3, 0.4) is 0 Å². The molecule has 3 N–H and O–H groups in total. The summed E-state index contributed by atoms with van der Waals surface area (Å²) >= 11 is 1.94. The van der Waals surface area contributed by atoms with Crippen LogP contribution in [0.5, 0.6) is 5.75 Å². The van der Waals surface area contributed by atoms with Crippen LogP contribution in [0, 0.1) is 9.49 Å². The van der Waals surface area contributed by atoms with Gasteiger partial charge in [-0.05, 0) is 46.7 Å². The molecule has 0 bridgehead atoms. The number of carboxylic acids is 1. The van der Waals surface area contributed by atoms with Gasteiger partial charge >= 0.3 is 5.97 Å². The Morgan fingerprint density at radius 2 is 2.05 bits per heavy atom. The van der Waals surface area contributed by atoms with Crippen LogP contribution in [0.4, 0.5) is 0 Å². The molecule has 0 saturated heterocycles. The van der Waals surface area contributed by atoms with Crippen LogP contribution in [0.1, 0.15) is 30.6 Å². The van der Waals surface area contributed by atoms with Crippen LogP contribution in [0.2, 0.25) is 0 Å². The molecule has 6 heteroatoms. The van der Waals surface area contributed by atoms with Gasteiger partial charge in [0.25, 0.3) is 5.91 Å². The summed E-state index contributed by atoms with van der Waals surface area (Å²) in [7, 11) is 0. The first-order valence-electron chi connectivity index (χ1n) is 5.89. The van der Waals surface area contributed by atoms with Crippen molar-refractivity contribution in [2.75, 3.05) is 0 Å². The third kappa shape index (κ3) is 4.09. The first-order valence-corrected chi connectivity index (χ1v) is 6.96. The lowest BCUT2D eigenvalue weighted by molar-refractivity contribution is -0.140. The molecule has 0 radical (unpaired) electrons. The smallest absolute Gasteiger partial charge is 0.326 e. The number of hydrogen-bond acceptors (Lipinski definition) is 3. The van der Waals surface area contributed by atoms with Crippen molar-refractivity contribution in [3.63, 3.8) is 0 Å². The fourth-order valence-electron chi connectivity index (χ4n) is 1.56. The minimum Gasteiger partial charge on any atom is -0.507 e. The first kappa shape index (κ1) is 15.7. The minimum atomic E-state index is -1.06. The van der Waals surface area contributed by atoms with Crippen molar-refractivity contribution in [2.24, 2.45) is 5.92 Å². The summed E-state index contributed by atoms with van der Waals surface area (Å²) in [5, 5.41) is 21.1. The number of aromatic hydroxyl groups is 1. The number of nitrogens with one attached hydrogen (secondary N) is 1. The number of halogens is 1. The number of carbonyl (C=O) groups is 2. The monoisotopic (exact) mass is 377 g/mol.